The first-order chi connectivity index (χ1) is 36.6. The Bertz CT molecular complexity index is 2690. The van der Waals surface area contributed by atoms with Crippen LogP contribution in [0.5, 0.6) is 40.2 Å². The van der Waals surface area contributed by atoms with Gasteiger partial charge in [-0.3, -0.25) is 0 Å². The molecule has 4 fully saturated rings. The second kappa shape index (κ2) is 24.0. The smallest absolute Gasteiger partial charge is 0.402 e. The van der Waals surface area contributed by atoms with Crippen LogP contribution in [-0.2, 0) is 33.2 Å². The van der Waals surface area contributed by atoms with E-state index >= 15 is 0 Å². The normalized spacial score (nSPS) is 35.6. The molecule has 422 valence electrons. The van der Waals surface area contributed by atoms with E-state index < -0.39 is 172 Å². The van der Waals surface area contributed by atoms with E-state index in [2.05, 4.69) is 0 Å². The first-order valence-corrected chi connectivity index (χ1v) is 23.8. The Labute approximate surface area is 435 Å². The molecule has 28 heteroatoms. The molecule has 4 aromatic rings. The van der Waals surface area contributed by atoms with E-state index in [1.807, 2.05) is 0 Å². The standard InChI is InChI=1S/C49H58O28/c1-17-44(77-31(54)8-5-18-3-6-21(7-4-18)70-47-40(63)36(59)33(56)28(14-50)74-47)39(62)43(66)46(69-17)68-16-30-35(58)38(61)42(65)49(76-30)73-27-13-22-24(71-45(27)19-9-23(53)32(55)26(10-19)67-2)11-20(52)12-25(22)72-48-41(64)37(60)34(57)29(15-51)75-48/h3-13,17,28-30,33-44,46-51,56-66H,14-16H2,1-2H3,(H2-,52,53,55)/p+1/b8-5+/t17-,28+,29+,30+,33-,34-,35-,36-,37-,38-,39+,40+,41+,42+,43-,44-,46+,47+,48+,49+/m0/s1. The number of phenols is 3. The highest BCUT2D eigenvalue weighted by molar-refractivity contribution is 5.89. The van der Waals surface area contributed by atoms with Gasteiger partial charge < -0.3 is 129 Å². The molecule has 16 N–H and O–H groups in total. The van der Waals surface area contributed by atoms with E-state index in [1.165, 1.54) is 56.5 Å². The average molecular weight is 1100 g/mol. The summed E-state index contributed by atoms with van der Waals surface area (Å²) < 4.78 is 62.5. The van der Waals surface area contributed by atoms with Gasteiger partial charge >= 0.3 is 17.3 Å². The Balaban J connectivity index is 0.948. The van der Waals surface area contributed by atoms with E-state index in [0.717, 1.165) is 24.3 Å². The minimum atomic E-state index is -2.04. The molecule has 0 aliphatic carbocycles. The fourth-order valence-corrected chi connectivity index (χ4v) is 8.79. The van der Waals surface area contributed by atoms with Crippen molar-refractivity contribution in [3.8, 4) is 51.6 Å². The van der Waals surface area contributed by atoms with E-state index in [4.69, 9.17) is 51.8 Å². The number of aromatic hydroxyl groups is 3. The molecule has 1 aromatic heterocycles. The molecule has 0 radical (unpaired) electrons. The summed E-state index contributed by atoms with van der Waals surface area (Å²) in [6, 6.07) is 11.5. The van der Waals surface area contributed by atoms with Gasteiger partial charge in [-0.15, -0.1) is 0 Å². The highest BCUT2D eigenvalue weighted by atomic mass is 16.7. The van der Waals surface area contributed by atoms with Gasteiger partial charge in [0.1, 0.15) is 108 Å². The van der Waals surface area contributed by atoms with Crippen LogP contribution in [0.1, 0.15) is 12.5 Å². The van der Waals surface area contributed by atoms with E-state index in [9.17, 15) is 86.5 Å². The number of fused-ring (bicyclic) bond motifs is 1. The number of aliphatic hydroxyl groups excluding tert-OH is 13. The molecule has 77 heavy (non-hydrogen) atoms. The van der Waals surface area contributed by atoms with Crippen LogP contribution >= 0.6 is 0 Å². The lowest BCUT2D eigenvalue weighted by Gasteiger charge is -2.42. The number of esters is 1. The predicted molar refractivity (Wildman–Crippen MR) is 251 cm³/mol. The molecule has 4 aliphatic rings. The van der Waals surface area contributed by atoms with E-state index in [0.29, 0.717) is 5.56 Å². The third kappa shape index (κ3) is 12.1. The van der Waals surface area contributed by atoms with Crippen LogP contribution in [0.25, 0.3) is 28.4 Å². The van der Waals surface area contributed by atoms with Crippen LogP contribution in [0, 0.1) is 0 Å². The number of rotatable bonds is 16. The zero-order valence-corrected chi connectivity index (χ0v) is 40.6. The van der Waals surface area contributed by atoms with Crippen molar-refractivity contribution >= 4 is 23.0 Å². The Hall–Kier alpha value is -5.84. The van der Waals surface area contributed by atoms with Gasteiger partial charge in [-0.1, -0.05) is 12.1 Å². The van der Waals surface area contributed by atoms with Gasteiger partial charge in [0.25, 0.3) is 0 Å². The summed E-state index contributed by atoms with van der Waals surface area (Å²) in [6.07, 6.45) is -31.2. The van der Waals surface area contributed by atoms with E-state index in [-0.39, 0.29) is 39.5 Å². The highest BCUT2D eigenvalue weighted by Crippen LogP contribution is 2.46. The number of ether oxygens (including phenoxy) is 10. The maximum absolute atomic E-state index is 12.9. The topological polar surface area (TPSA) is 444 Å². The summed E-state index contributed by atoms with van der Waals surface area (Å²) in [5, 5.41) is 168. The average Bonchev–Trinajstić information content (AvgIpc) is 3.41. The SMILES string of the molecule is COc1cc(-c2[o+]c3cc(O)cc(O[C@@H]4O[C@H](CO)[C@H](O)[C@H](O)[C@H]4O)c3cc2O[C@@H]2O[C@H](CO[C@@H]3O[C@@H](C)[C@H](OC(=O)/C=C/c4ccc(O[C@@H]5O[C@H](CO)[C@H](O)[C@H](O)[C@H]5O)cc4)[C@H](O)[C@@H]3O)[C@H](O)[C@H](O)[C@H]2O)cc(O)c1O. The fourth-order valence-electron chi connectivity index (χ4n) is 8.79. The van der Waals surface area contributed by atoms with Gasteiger partial charge in [0.05, 0.1) is 44.7 Å². The second-order valence-electron chi connectivity index (χ2n) is 18.4. The molecule has 8 rings (SSSR count). The number of aliphatic hydroxyl groups is 13. The van der Waals surface area contributed by atoms with Crippen molar-refractivity contribution in [1.29, 1.82) is 0 Å². The molecule has 4 aliphatic heterocycles. The van der Waals surface area contributed by atoms with Crippen LogP contribution in [0.2, 0.25) is 0 Å². The maximum Gasteiger partial charge on any atom is 0.402 e. The molecule has 3 aromatic carbocycles. The van der Waals surface area contributed by atoms with Crippen LogP contribution in [-0.4, -0.2) is 237 Å². The van der Waals surface area contributed by atoms with E-state index in [1.54, 1.807) is 0 Å². The molecular weight excluding hydrogens is 1040 g/mol. The largest absolute Gasteiger partial charge is 0.507 e. The second-order valence-corrected chi connectivity index (χ2v) is 18.4. The molecule has 0 spiro atoms. The molecule has 5 heterocycles. The van der Waals surface area contributed by atoms with Crippen molar-refractivity contribution in [2.45, 2.75) is 130 Å². The fraction of sp³-hybridized carbons (Fsp3) is 0.510. The number of benzene rings is 3. The first kappa shape index (κ1) is 57.3. The lowest BCUT2D eigenvalue weighted by Crippen LogP contribution is -2.62. The number of methoxy groups -OCH3 is 1. The van der Waals surface area contributed by atoms with Crippen molar-refractivity contribution in [3.05, 3.63) is 66.2 Å². The summed E-state index contributed by atoms with van der Waals surface area (Å²) >= 11 is 0. The van der Waals surface area contributed by atoms with Crippen molar-refractivity contribution in [1.82, 2.24) is 0 Å². The third-order valence-electron chi connectivity index (χ3n) is 13.2. The summed E-state index contributed by atoms with van der Waals surface area (Å²) in [7, 11) is 1.18. The van der Waals surface area contributed by atoms with Gasteiger partial charge in [0.2, 0.25) is 30.4 Å². The summed E-state index contributed by atoms with van der Waals surface area (Å²) in [5.41, 5.74) is 0.199. The molecule has 4 saturated heterocycles. The van der Waals surface area contributed by atoms with Gasteiger partial charge in [-0.25, -0.2) is 9.21 Å². The zero-order chi connectivity index (χ0) is 55.7. The number of carbonyl (C=O) groups excluding carboxylic acids is 1. The number of phenolic OH excluding ortho intramolecular Hbond substituents is 3. The minimum Gasteiger partial charge on any atom is -0.507 e. The van der Waals surface area contributed by atoms with Crippen LogP contribution in [0.3, 0.4) is 0 Å². The molecule has 28 nitrogen and oxygen atoms in total. The Morgan fingerprint density at radius 2 is 1.14 bits per heavy atom. The highest BCUT2D eigenvalue weighted by Gasteiger charge is 2.50. The molecule has 0 amide bonds. The van der Waals surface area contributed by atoms with Crippen molar-refractivity contribution in [2.75, 3.05) is 26.9 Å². The number of carbonyl (C=O) groups is 1. The summed E-state index contributed by atoms with van der Waals surface area (Å²) in [6.45, 7) is -0.770. The lowest BCUT2D eigenvalue weighted by atomic mass is 9.98. The molecule has 0 saturated carbocycles. The molecular formula is C49H59O28+. The number of hydrogen-bond acceptors (Lipinski definition) is 27. The van der Waals surface area contributed by atoms with Crippen LogP contribution in [0.4, 0.5) is 0 Å². The van der Waals surface area contributed by atoms with Gasteiger partial charge in [0.15, 0.2) is 23.9 Å². The summed E-state index contributed by atoms with van der Waals surface area (Å²) in [5.74, 6) is -3.92. The Kier molecular flexibility index (Phi) is 17.9. The third-order valence-corrected chi connectivity index (χ3v) is 13.2. The Morgan fingerprint density at radius 3 is 1.73 bits per heavy atom. The quantitative estimate of drug-likeness (QED) is 0.0221. The lowest BCUT2D eigenvalue weighted by molar-refractivity contribution is -0.319. The predicted octanol–water partition coefficient (Wildman–Crippen LogP) is -3.84. The van der Waals surface area contributed by atoms with Crippen molar-refractivity contribution in [3.63, 3.8) is 0 Å². The van der Waals surface area contributed by atoms with Crippen LogP contribution in [0.15, 0.2) is 65.1 Å². The van der Waals surface area contributed by atoms with Gasteiger partial charge in [0, 0.05) is 30.3 Å². The van der Waals surface area contributed by atoms with Crippen molar-refractivity contribution in [2.24, 2.45) is 0 Å². The first-order valence-electron chi connectivity index (χ1n) is 23.8. The Morgan fingerprint density at radius 1 is 0.597 bits per heavy atom. The van der Waals surface area contributed by atoms with Crippen LogP contribution < -0.4 is 18.9 Å². The van der Waals surface area contributed by atoms with Gasteiger partial charge in [-0.05, 0) is 30.7 Å². The zero-order valence-electron chi connectivity index (χ0n) is 40.6. The monoisotopic (exact) mass is 1100 g/mol. The van der Waals surface area contributed by atoms with Gasteiger partial charge in [-0.2, -0.15) is 0 Å². The minimum absolute atomic E-state index is 0.0637. The maximum atomic E-state index is 12.9. The molecule has 0 bridgehead atoms. The summed E-state index contributed by atoms with van der Waals surface area (Å²) in [4.78, 5) is 12.9. The molecule has 20 atom stereocenters. The number of hydrogen-bond donors (Lipinski definition) is 16. The van der Waals surface area contributed by atoms with Crippen molar-refractivity contribution < 1.29 is 138 Å². The molecule has 0 unspecified atom stereocenters.